The summed E-state index contributed by atoms with van der Waals surface area (Å²) in [5.74, 6) is 1.27. The summed E-state index contributed by atoms with van der Waals surface area (Å²) in [5, 5.41) is 6.55. The van der Waals surface area contributed by atoms with Crippen LogP contribution >= 0.6 is 0 Å². The zero-order valence-electron chi connectivity index (χ0n) is 14.3. The third-order valence-corrected chi connectivity index (χ3v) is 3.87. The van der Waals surface area contributed by atoms with Gasteiger partial charge in [0, 0.05) is 11.8 Å². The Morgan fingerprint density at radius 1 is 0.963 bits per heavy atom. The minimum Gasteiger partial charge on any atom is -0.489 e. The zero-order chi connectivity index (χ0) is 18.5. The predicted molar refractivity (Wildman–Crippen MR) is 99.4 cm³/mol. The molecule has 27 heavy (non-hydrogen) atoms. The standard InChI is InChI=1S/C21H16N2O4/c24-21(18-13-20(27-23-18)19-7-4-12-25-19)22-16-8-10-17(11-9-16)26-14-15-5-2-1-3-6-15/h1-13H,14H2,(H,22,24). The first-order chi connectivity index (χ1) is 13.3. The van der Waals surface area contributed by atoms with Gasteiger partial charge in [-0.05, 0) is 42.0 Å². The van der Waals surface area contributed by atoms with E-state index in [9.17, 15) is 4.79 Å². The molecule has 0 aliphatic carbocycles. The molecule has 0 atom stereocenters. The lowest BCUT2D eigenvalue weighted by Gasteiger charge is -2.08. The summed E-state index contributed by atoms with van der Waals surface area (Å²) >= 11 is 0. The van der Waals surface area contributed by atoms with Crippen LogP contribution in [0.1, 0.15) is 16.1 Å². The minimum atomic E-state index is -0.366. The van der Waals surface area contributed by atoms with E-state index < -0.39 is 0 Å². The maximum atomic E-state index is 12.3. The molecular formula is C21H16N2O4. The molecule has 6 heteroatoms. The van der Waals surface area contributed by atoms with E-state index in [-0.39, 0.29) is 11.6 Å². The summed E-state index contributed by atoms with van der Waals surface area (Å²) in [4.78, 5) is 12.3. The van der Waals surface area contributed by atoms with Gasteiger partial charge in [-0.3, -0.25) is 4.79 Å². The molecule has 4 aromatic rings. The first kappa shape index (κ1) is 16.7. The highest BCUT2D eigenvalue weighted by molar-refractivity contribution is 6.03. The van der Waals surface area contributed by atoms with Crippen LogP contribution in [0.3, 0.4) is 0 Å². The van der Waals surface area contributed by atoms with Gasteiger partial charge in [-0.15, -0.1) is 0 Å². The molecular weight excluding hydrogens is 344 g/mol. The van der Waals surface area contributed by atoms with Crippen LogP contribution in [0.15, 0.2) is 88.0 Å². The molecule has 0 aliphatic rings. The van der Waals surface area contributed by atoms with Gasteiger partial charge in [-0.2, -0.15) is 0 Å². The van der Waals surface area contributed by atoms with Crippen molar-refractivity contribution >= 4 is 11.6 Å². The van der Waals surface area contributed by atoms with Crippen molar-refractivity contribution in [3.8, 4) is 17.3 Å². The van der Waals surface area contributed by atoms with Crippen LogP contribution < -0.4 is 10.1 Å². The van der Waals surface area contributed by atoms with E-state index in [0.29, 0.717) is 23.8 Å². The van der Waals surface area contributed by atoms with Crippen LogP contribution in [0.5, 0.6) is 5.75 Å². The summed E-state index contributed by atoms with van der Waals surface area (Å²) in [6, 6.07) is 22.1. The Balaban J connectivity index is 1.36. The van der Waals surface area contributed by atoms with E-state index >= 15 is 0 Å². The van der Waals surface area contributed by atoms with Gasteiger partial charge in [-0.25, -0.2) is 0 Å². The normalized spacial score (nSPS) is 10.5. The summed E-state index contributed by atoms with van der Waals surface area (Å²) in [5.41, 5.74) is 1.90. The van der Waals surface area contributed by atoms with Crippen molar-refractivity contribution < 1.29 is 18.5 Å². The number of benzene rings is 2. The van der Waals surface area contributed by atoms with E-state index in [4.69, 9.17) is 13.7 Å². The average Bonchev–Trinajstić information content (AvgIpc) is 3.40. The molecule has 0 spiro atoms. The quantitative estimate of drug-likeness (QED) is 0.536. The average molecular weight is 360 g/mol. The molecule has 2 heterocycles. The fourth-order valence-electron chi connectivity index (χ4n) is 2.49. The highest BCUT2D eigenvalue weighted by Gasteiger charge is 2.15. The first-order valence-corrected chi connectivity index (χ1v) is 8.37. The van der Waals surface area contributed by atoms with Crippen molar-refractivity contribution in [1.82, 2.24) is 5.16 Å². The monoisotopic (exact) mass is 360 g/mol. The zero-order valence-corrected chi connectivity index (χ0v) is 14.3. The number of hydrogen-bond donors (Lipinski definition) is 1. The van der Waals surface area contributed by atoms with Gasteiger partial charge in [0.15, 0.2) is 11.5 Å². The van der Waals surface area contributed by atoms with E-state index in [1.807, 2.05) is 30.3 Å². The fraction of sp³-hybridized carbons (Fsp3) is 0.0476. The van der Waals surface area contributed by atoms with Gasteiger partial charge >= 0.3 is 0 Å². The number of anilines is 1. The Hall–Kier alpha value is -3.80. The van der Waals surface area contributed by atoms with Gasteiger partial charge in [0.25, 0.3) is 5.91 Å². The van der Waals surface area contributed by atoms with Gasteiger partial charge < -0.3 is 19.0 Å². The largest absolute Gasteiger partial charge is 0.489 e. The highest BCUT2D eigenvalue weighted by atomic mass is 16.5. The van der Waals surface area contributed by atoms with Crippen molar-refractivity contribution in [2.45, 2.75) is 6.61 Å². The van der Waals surface area contributed by atoms with Crippen LogP contribution in [-0.2, 0) is 6.61 Å². The minimum absolute atomic E-state index is 0.172. The van der Waals surface area contributed by atoms with E-state index in [1.54, 1.807) is 36.4 Å². The molecule has 0 saturated carbocycles. The lowest BCUT2D eigenvalue weighted by molar-refractivity contribution is 0.101. The molecule has 4 rings (SSSR count). The Kier molecular flexibility index (Phi) is 4.70. The van der Waals surface area contributed by atoms with E-state index in [0.717, 1.165) is 11.3 Å². The third kappa shape index (κ3) is 4.07. The number of aromatic nitrogens is 1. The van der Waals surface area contributed by atoms with Gasteiger partial charge in [0.05, 0.1) is 6.26 Å². The van der Waals surface area contributed by atoms with Gasteiger partial charge in [0.2, 0.25) is 5.76 Å². The molecule has 0 bridgehead atoms. The number of rotatable bonds is 6. The lowest BCUT2D eigenvalue weighted by atomic mass is 10.2. The fourth-order valence-corrected chi connectivity index (χ4v) is 2.49. The summed E-state index contributed by atoms with van der Waals surface area (Å²) < 4.78 is 16.1. The summed E-state index contributed by atoms with van der Waals surface area (Å²) in [7, 11) is 0. The second-order valence-electron chi connectivity index (χ2n) is 5.81. The third-order valence-electron chi connectivity index (χ3n) is 3.87. The van der Waals surface area contributed by atoms with Crippen molar-refractivity contribution in [2.75, 3.05) is 5.32 Å². The Labute approximate surface area is 155 Å². The van der Waals surface area contributed by atoms with Crippen molar-refractivity contribution in [2.24, 2.45) is 0 Å². The number of ether oxygens (including phenoxy) is 1. The number of nitrogens with zero attached hydrogens (tertiary/aromatic N) is 1. The molecule has 2 aromatic carbocycles. The van der Waals surface area contributed by atoms with Crippen LogP contribution in [0.2, 0.25) is 0 Å². The molecule has 2 aromatic heterocycles. The summed E-state index contributed by atoms with van der Waals surface area (Å²) in [6.07, 6.45) is 1.53. The number of nitrogens with one attached hydrogen (secondary N) is 1. The molecule has 1 amide bonds. The highest BCUT2D eigenvalue weighted by Crippen LogP contribution is 2.22. The molecule has 0 unspecified atom stereocenters. The van der Waals surface area contributed by atoms with E-state index in [2.05, 4.69) is 10.5 Å². The Bertz CT molecular complexity index is 1010. The Morgan fingerprint density at radius 3 is 2.52 bits per heavy atom. The number of carbonyl (C=O) groups excluding carboxylic acids is 1. The Morgan fingerprint density at radius 2 is 1.78 bits per heavy atom. The smallest absolute Gasteiger partial charge is 0.277 e. The molecule has 0 aliphatic heterocycles. The summed E-state index contributed by atoms with van der Waals surface area (Å²) in [6.45, 7) is 0.487. The molecule has 0 radical (unpaired) electrons. The number of hydrogen-bond acceptors (Lipinski definition) is 5. The van der Waals surface area contributed by atoms with E-state index in [1.165, 1.54) is 12.3 Å². The molecule has 0 fully saturated rings. The van der Waals surface area contributed by atoms with Gasteiger partial charge in [0.1, 0.15) is 12.4 Å². The molecule has 134 valence electrons. The predicted octanol–water partition coefficient (Wildman–Crippen LogP) is 4.77. The second-order valence-corrected chi connectivity index (χ2v) is 5.81. The van der Waals surface area contributed by atoms with Crippen LogP contribution in [-0.4, -0.2) is 11.1 Å². The van der Waals surface area contributed by atoms with Crippen molar-refractivity contribution in [3.63, 3.8) is 0 Å². The number of furan rings is 1. The second kappa shape index (κ2) is 7.61. The van der Waals surface area contributed by atoms with Crippen LogP contribution in [0.25, 0.3) is 11.5 Å². The van der Waals surface area contributed by atoms with Crippen LogP contribution in [0.4, 0.5) is 5.69 Å². The molecule has 1 N–H and O–H groups in total. The maximum absolute atomic E-state index is 12.3. The van der Waals surface area contributed by atoms with Crippen molar-refractivity contribution in [1.29, 1.82) is 0 Å². The van der Waals surface area contributed by atoms with Gasteiger partial charge in [-0.1, -0.05) is 35.5 Å². The molecule has 0 saturated heterocycles. The first-order valence-electron chi connectivity index (χ1n) is 8.37. The number of carbonyl (C=O) groups is 1. The number of amides is 1. The lowest BCUT2D eigenvalue weighted by Crippen LogP contribution is -2.12. The maximum Gasteiger partial charge on any atom is 0.277 e. The molecule has 6 nitrogen and oxygen atoms in total. The van der Waals surface area contributed by atoms with Crippen LogP contribution in [0, 0.1) is 0 Å². The van der Waals surface area contributed by atoms with Crippen molar-refractivity contribution in [3.05, 3.63) is 90.3 Å². The SMILES string of the molecule is O=C(Nc1ccc(OCc2ccccc2)cc1)c1cc(-c2ccco2)on1. The topological polar surface area (TPSA) is 77.5 Å².